The summed E-state index contributed by atoms with van der Waals surface area (Å²) in [5.74, 6) is 0.955. The number of piperidine rings is 1. The van der Waals surface area contributed by atoms with Gasteiger partial charge in [-0.1, -0.05) is 6.07 Å². The maximum Gasteiger partial charge on any atom is 0.158 e. The zero-order chi connectivity index (χ0) is 17.2. The van der Waals surface area contributed by atoms with Crippen molar-refractivity contribution in [2.75, 3.05) is 18.4 Å². The van der Waals surface area contributed by atoms with Crippen LogP contribution in [0, 0.1) is 6.92 Å². The molecule has 1 aliphatic heterocycles. The van der Waals surface area contributed by atoms with Gasteiger partial charge in [0.15, 0.2) is 5.82 Å². The number of nitrogens with one attached hydrogen (secondary N) is 2. The van der Waals surface area contributed by atoms with Crippen LogP contribution in [0.25, 0.3) is 22.0 Å². The van der Waals surface area contributed by atoms with E-state index in [1.54, 1.807) is 18.5 Å². The van der Waals surface area contributed by atoms with E-state index in [9.17, 15) is 5.11 Å². The van der Waals surface area contributed by atoms with Gasteiger partial charge in [0.1, 0.15) is 11.4 Å². The fraction of sp³-hybridized carbons (Fsp3) is 0.316. The lowest BCUT2D eigenvalue weighted by atomic mass is 10.0. The van der Waals surface area contributed by atoms with Crippen LogP contribution < -0.4 is 10.6 Å². The van der Waals surface area contributed by atoms with E-state index in [-0.39, 0.29) is 5.75 Å². The highest BCUT2D eigenvalue weighted by Crippen LogP contribution is 2.34. The molecule has 0 radical (unpaired) electrons. The predicted molar refractivity (Wildman–Crippen MR) is 98.7 cm³/mol. The van der Waals surface area contributed by atoms with Gasteiger partial charge < -0.3 is 15.7 Å². The van der Waals surface area contributed by atoms with Crippen molar-refractivity contribution in [2.45, 2.75) is 25.8 Å². The number of rotatable bonds is 3. The van der Waals surface area contributed by atoms with Gasteiger partial charge in [-0.25, -0.2) is 0 Å². The summed E-state index contributed by atoms with van der Waals surface area (Å²) in [5.41, 5.74) is 2.35. The molecule has 1 saturated heterocycles. The van der Waals surface area contributed by atoms with Crippen molar-refractivity contribution < 1.29 is 5.11 Å². The van der Waals surface area contributed by atoms with Crippen LogP contribution in [0.2, 0.25) is 0 Å². The Labute approximate surface area is 146 Å². The molecule has 3 heterocycles. The lowest BCUT2D eigenvalue weighted by Gasteiger charge is -2.24. The minimum Gasteiger partial charge on any atom is -0.507 e. The molecule has 4 rings (SSSR count). The first-order valence-electron chi connectivity index (χ1n) is 8.60. The molecule has 0 spiro atoms. The van der Waals surface area contributed by atoms with Crippen LogP contribution in [0.3, 0.4) is 0 Å². The third kappa shape index (κ3) is 3.13. The Morgan fingerprint density at radius 2 is 2.12 bits per heavy atom. The number of aryl methyl sites for hydroxylation is 1. The van der Waals surface area contributed by atoms with Crippen LogP contribution in [0.5, 0.6) is 5.75 Å². The minimum atomic E-state index is 0.213. The van der Waals surface area contributed by atoms with Gasteiger partial charge in [0.2, 0.25) is 0 Å². The second kappa shape index (κ2) is 6.64. The zero-order valence-electron chi connectivity index (χ0n) is 14.2. The Hall–Kier alpha value is -2.73. The van der Waals surface area contributed by atoms with E-state index >= 15 is 0 Å². The standard InChI is InChI=1S/C19H21N5O/c1-12-4-5-15(17(25)9-12)18-14-6-8-21-11-16(14)19(24-23-18)22-13-3-2-7-20-10-13/h4-6,8-9,11,13,20,25H,2-3,7,10H2,1H3,(H,22,24)/t13-/m1/s1. The monoisotopic (exact) mass is 335 g/mol. The Balaban J connectivity index is 1.78. The molecular weight excluding hydrogens is 314 g/mol. The van der Waals surface area contributed by atoms with Crippen molar-refractivity contribution in [3.05, 3.63) is 42.2 Å². The van der Waals surface area contributed by atoms with Gasteiger partial charge in [-0.2, -0.15) is 0 Å². The highest BCUT2D eigenvalue weighted by Gasteiger charge is 2.18. The quantitative estimate of drug-likeness (QED) is 0.683. The number of phenols is 1. The number of phenolic OH excluding ortho intramolecular Hbond substituents is 1. The molecule has 3 aromatic rings. The summed E-state index contributed by atoms with van der Waals surface area (Å²) >= 11 is 0. The lowest BCUT2D eigenvalue weighted by Crippen LogP contribution is -2.38. The van der Waals surface area contributed by atoms with E-state index in [1.807, 2.05) is 25.1 Å². The molecular formula is C19H21N5O. The average Bonchev–Trinajstić information content (AvgIpc) is 2.64. The summed E-state index contributed by atoms with van der Waals surface area (Å²) in [4.78, 5) is 4.25. The van der Waals surface area contributed by atoms with Crippen LogP contribution in [-0.4, -0.2) is 39.4 Å². The highest BCUT2D eigenvalue weighted by atomic mass is 16.3. The number of hydrogen-bond donors (Lipinski definition) is 3. The molecule has 1 fully saturated rings. The van der Waals surface area contributed by atoms with Gasteiger partial charge in [0.25, 0.3) is 0 Å². The second-order valence-corrected chi connectivity index (χ2v) is 6.53. The number of aromatic hydroxyl groups is 1. The third-order valence-corrected chi connectivity index (χ3v) is 4.63. The largest absolute Gasteiger partial charge is 0.507 e. The molecule has 1 aliphatic rings. The maximum absolute atomic E-state index is 10.3. The van der Waals surface area contributed by atoms with Crippen LogP contribution >= 0.6 is 0 Å². The minimum absolute atomic E-state index is 0.213. The predicted octanol–water partition coefficient (Wildman–Crippen LogP) is 2.87. The number of aromatic nitrogens is 3. The Morgan fingerprint density at radius 1 is 1.20 bits per heavy atom. The van der Waals surface area contributed by atoms with Gasteiger partial charge >= 0.3 is 0 Å². The number of nitrogens with zero attached hydrogens (tertiary/aromatic N) is 3. The summed E-state index contributed by atoms with van der Waals surface area (Å²) in [6.07, 6.45) is 5.80. The van der Waals surface area contributed by atoms with Crippen LogP contribution in [0.15, 0.2) is 36.7 Å². The Bertz CT molecular complexity index is 905. The lowest BCUT2D eigenvalue weighted by molar-refractivity contribution is 0.476. The third-order valence-electron chi connectivity index (χ3n) is 4.63. The van der Waals surface area contributed by atoms with Crippen molar-refractivity contribution in [3.8, 4) is 17.0 Å². The number of benzene rings is 1. The van der Waals surface area contributed by atoms with Gasteiger partial charge in [0, 0.05) is 41.3 Å². The number of fused-ring (bicyclic) bond motifs is 1. The van der Waals surface area contributed by atoms with E-state index in [4.69, 9.17) is 0 Å². The second-order valence-electron chi connectivity index (χ2n) is 6.53. The van der Waals surface area contributed by atoms with Gasteiger partial charge in [-0.05, 0) is 50.1 Å². The fourth-order valence-corrected chi connectivity index (χ4v) is 3.31. The normalized spacial score (nSPS) is 17.6. The molecule has 0 aliphatic carbocycles. The summed E-state index contributed by atoms with van der Waals surface area (Å²) in [6, 6.07) is 7.84. The molecule has 6 heteroatoms. The van der Waals surface area contributed by atoms with Crippen molar-refractivity contribution in [1.29, 1.82) is 0 Å². The molecule has 6 nitrogen and oxygen atoms in total. The Morgan fingerprint density at radius 3 is 2.92 bits per heavy atom. The summed E-state index contributed by atoms with van der Waals surface area (Å²) in [6.45, 7) is 3.93. The number of hydrogen-bond acceptors (Lipinski definition) is 6. The van der Waals surface area contributed by atoms with Crippen molar-refractivity contribution in [2.24, 2.45) is 0 Å². The summed E-state index contributed by atoms with van der Waals surface area (Å²) in [5, 5.41) is 27.9. The van der Waals surface area contributed by atoms with Crippen LogP contribution in [0.4, 0.5) is 5.82 Å². The molecule has 1 atom stereocenters. The Kier molecular flexibility index (Phi) is 4.19. The van der Waals surface area contributed by atoms with Crippen molar-refractivity contribution in [3.63, 3.8) is 0 Å². The first-order chi connectivity index (χ1) is 12.2. The molecule has 3 N–H and O–H groups in total. The van der Waals surface area contributed by atoms with Gasteiger partial charge in [0.05, 0.1) is 0 Å². The molecule has 0 saturated carbocycles. The average molecular weight is 335 g/mol. The number of pyridine rings is 1. The fourth-order valence-electron chi connectivity index (χ4n) is 3.31. The SMILES string of the molecule is Cc1ccc(-c2nnc(N[C@@H]3CCCNC3)c3cnccc23)c(O)c1. The van der Waals surface area contributed by atoms with Gasteiger partial charge in [-0.15, -0.1) is 10.2 Å². The molecule has 0 unspecified atom stereocenters. The summed E-state index contributed by atoms with van der Waals surface area (Å²) in [7, 11) is 0. The topological polar surface area (TPSA) is 83.0 Å². The van der Waals surface area contributed by atoms with Crippen molar-refractivity contribution >= 4 is 16.6 Å². The van der Waals surface area contributed by atoms with E-state index in [2.05, 4.69) is 25.8 Å². The first kappa shape index (κ1) is 15.8. The van der Waals surface area contributed by atoms with Crippen LogP contribution in [0.1, 0.15) is 18.4 Å². The number of anilines is 1. The molecule has 1 aromatic carbocycles. The van der Waals surface area contributed by atoms with Crippen molar-refractivity contribution in [1.82, 2.24) is 20.5 Å². The van der Waals surface area contributed by atoms with E-state index in [0.29, 0.717) is 17.3 Å². The van der Waals surface area contributed by atoms with E-state index in [1.165, 1.54) is 0 Å². The highest BCUT2D eigenvalue weighted by molar-refractivity contribution is 6.00. The molecule has 0 bridgehead atoms. The summed E-state index contributed by atoms with van der Waals surface area (Å²) < 4.78 is 0. The van der Waals surface area contributed by atoms with Crippen LogP contribution in [-0.2, 0) is 0 Å². The molecule has 2 aromatic heterocycles. The molecule has 25 heavy (non-hydrogen) atoms. The van der Waals surface area contributed by atoms with E-state index < -0.39 is 0 Å². The molecule has 128 valence electrons. The maximum atomic E-state index is 10.3. The van der Waals surface area contributed by atoms with E-state index in [0.717, 1.165) is 48.1 Å². The molecule has 0 amide bonds. The smallest absolute Gasteiger partial charge is 0.158 e. The van der Waals surface area contributed by atoms with Gasteiger partial charge in [-0.3, -0.25) is 4.98 Å². The zero-order valence-corrected chi connectivity index (χ0v) is 14.2. The first-order valence-corrected chi connectivity index (χ1v) is 8.60.